The van der Waals surface area contributed by atoms with Crippen molar-refractivity contribution in [3.63, 3.8) is 0 Å². The summed E-state index contributed by atoms with van der Waals surface area (Å²) in [6.45, 7) is 0. The van der Waals surface area contributed by atoms with E-state index in [9.17, 15) is 4.79 Å². The third-order valence-electron chi connectivity index (χ3n) is 5.79. The van der Waals surface area contributed by atoms with Crippen LogP contribution in [0, 0.1) is 0 Å². The van der Waals surface area contributed by atoms with Gasteiger partial charge in [0, 0.05) is 25.2 Å². The van der Waals surface area contributed by atoms with E-state index in [4.69, 9.17) is 28.4 Å². The second kappa shape index (κ2) is 7.76. The molecule has 3 aromatic carbocycles. The maximum absolute atomic E-state index is 13.9. The molecule has 0 saturated heterocycles. The number of hydrogen-bond acceptors (Lipinski definition) is 7. The maximum Gasteiger partial charge on any atom is 0.227 e. The Morgan fingerprint density at radius 2 is 1.29 bits per heavy atom. The Bertz CT molecular complexity index is 1180. The molecule has 0 spiro atoms. The molecule has 0 aliphatic heterocycles. The summed E-state index contributed by atoms with van der Waals surface area (Å²) in [7, 11) is 9.19. The van der Waals surface area contributed by atoms with E-state index in [1.807, 2.05) is 18.2 Å². The molecule has 3 aromatic rings. The lowest BCUT2D eigenvalue weighted by molar-refractivity contribution is -0.185. The molecule has 1 aliphatic rings. The lowest BCUT2D eigenvalue weighted by Gasteiger charge is -2.39. The van der Waals surface area contributed by atoms with Crippen LogP contribution < -0.4 is 18.9 Å². The quantitative estimate of drug-likeness (QED) is 0.556. The van der Waals surface area contributed by atoms with Crippen LogP contribution in [-0.2, 0) is 15.3 Å². The summed E-state index contributed by atoms with van der Waals surface area (Å²) < 4.78 is 34.7. The normalized spacial score (nSPS) is 14.1. The Hall–Kier alpha value is -3.29. The van der Waals surface area contributed by atoms with Crippen molar-refractivity contribution in [3.8, 4) is 23.0 Å². The number of hydrogen-bond donors (Lipinski definition) is 0. The molecule has 0 unspecified atom stereocenters. The molecule has 162 valence electrons. The fraction of sp³-hybridized carbons (Fsp3) is 0.292. The lowest BCUT2D eigenvalue weighted by Crippen LogP contribution is -2.40. The van der Waals surface area contributed by atoms with Crippen molar-refractivity contribution in [1.82, 2.24) is 0 Å². The zero-order chi connectivity index (χ0) is 22.3. The highest BCUT2D eigenvalue weighted by atomic mass is 16.7. The first-order valence-corrected chi connectivity index (χ1v) is 9.62. The number of fused-ring (bicyclic) bond motifs is 3. The minimum atomic E-state index is -1.44. The average molecular weight is 424 g/mol. The molecule has 0 fully saturated rings. The second-order valence-corrected chi connectivity index (χ2v) is 6.94. The van der Waals surface area contributed by atoms with Gasteiger partial charge in [0.25, 0.3) is 0 Å². The summed E-state index contributed by atoms with van der Waals surface area (Å²) in [5.74, 6) is 0.0604. The molecule has 0 aromatic heterocycles. The van der Waals surface area contributed by atoms with Crippen molar-refractivity contribution in [2.45, 2.75) is 5.79 Å². The summed E-state index contributed by atoms with van der Waals surface area (Å²) in [6.07, 6.45) is 0. The third kappa shape index (κ3) is 2.63. The highest BCUT2D eigenvalue weighted by Crippen LogP contribution is 2.55. The number of ether oxygens (including phenoxy) is 6. The standard InChI is InChI=1S/C24H24O7/c1-26-15-11-7-9-13-17(15)23(29-4)20-19(22(13)28-3)21(25)18-14(24(20,30-5)31-6)10-8-12-16(18)27-2/h7-12H,1-6H3. The molecule has 0 saturated carbocycles. The fourth-order valence-corrected chi connectivity index (χ4v) is 4.53. The minimum absolute atomic E-state index is 0.271. The molecule has 0 radical (unpaired) electrons. The van der Waals surface area contributed by atoms with Gasteiger partial charge in [0.15, 0.2) is 0 Å². The fourth-order valence-electron chi connectivity index (χ4n) is 4.53. The first-order valence-electron chi connectivity index (χ1n) is 9.62. The summed E-state index contributed by atoms with van der Waals surface area (Å²) in [5.41, 5.74) is 1.58. The van der Waals surface area contributed by atoms with Gasteiger partial charge in [0.2, 0.25) is 11.6 Å². The molecule has 4 rings (SSSR count). The predicted octanol–water partition coefficient (Wildman–Crippen LogP) is 3.91. The van der Waals surface area contributed by atoms with Crippen LogP contribution in [0.4, 0.5) is 0 Å². The number of benzene rings is 3. The Balaban J connectivity index is 2.30. The summed E-state index contributed by atoms with van der Waals surface area (Å²) in [5, 5.41) is 1.32. The van der Waals surface area contributed by atoms with Crippen molar-refractivity contribution in [2.75, 3.05) is 42.7 Å². The number of ketones is 1. The first-order chi connectivity index (χ1) is 15.0. The molecule has 7 nitrogen and oxygen atoms in total. The van der Waals surface area contributed by atoms with Crippen LogP contribution in [0.1, 0.15) is 27.0 Å². The molecule has 1 aliphatic carbocycles. The van der Waals surface area contributed by atoms with Gasteiger partial charge in [0.05, 0.1) is 50.5 Å². The van der Waals surface area contributed by atoms with Gasteiger partial charge in [-0.05, 0) is 12.1 Å². The smallest absolute Gasteiger partial charge is 0.227 e. The topological polar surface area (TPSA) is 72.5 Å². The summed E-state index contributed by atoms with van der Waals surface area (Å²) >= 11 is 0. The van der Waals surface area contributed by atoms with Crippen LogP contribution in [0.2, 0.25) is 0 Å². The third-order valence-corrected chi connectivity index (χ3v) is 5.79. The van der Waals surface area contributed by atoms with E-state index in [1.165, 1.54) is 35.5 Å². The van der Waals surface area contributed by atoms with Crippen LogP contribution >= 0.6 is 0 Å². The molecule has 0 bridgehead atoms. The minimum Gasteiger partial charge on any atom is -0.496 e. The molecule has 7 heteroatoms. The zero-order valence-electron chi connectivity index (χ0n) is 18.3. The van der Waals surface area contributed by atoms with Crippen molar-refractivity contribution < 1.29 is 33.2 Å². The Morgan fingerprint density at radius 3 is 1.87 bits per heavy atom. The molecular weight excluding hydrogens is 400 g/mol. The van der Waals surface area contributed by atoms with Gasteiger partial charge in [-0.3, -0.25) is 4.79 Å². The number of rotatable bonds is 6. The second-order valence-electron chi connectivity index (χ2n) is 6.94. The van der Waals surface area contributed by atoms with Crippen molar-refractivity contribution >= 4 is 16.6 Å². The Labute approximate surface area is 180 Å². The number of carbonyl (C=O) groups excluding carboxylic acids is 1. The van der Waals surface area contributed by atoms with E-state index in [0.717, 1.165) is 0 Å². The highest BCUT2D eigenvalue weighted by Gasteiger charge is 2.50. The van der Waals surface area contributed by atoms with E-state index < -0.39 is 5.79 Å². The molecular formula is C24H24O7. The zero-order valence-corrected chi connectivity index (χ0v) is 18.3. The van der Waals surface area contributed by atoms with Gasteiger partial charge in [-0.2, -0.15) is 0 Å². The van der Waals surface area contributed by atoms with E-state index in [1.54, 1.807) is 25.3 Å². The molecule has 0 amide bonds. The van der Waals surface area contributed by atoms with Gasteiger partial charge in [-0.15, -0.1) is 0 Å². The lowest BCUT2D eigenvalue weighted by atomic mass is 9.77. The van der Waals surface area contributed by atoms with Crippen LogP contribution in [0.3, 0.4) is 0 Å². The van der Waals surface area contributed by atoms with Crippen LogP contribution in [-0.4, -0.2) is 48.4 Å². The van der Waals surface area contributed by atoms with Crippen LogP contribution in [0.5, 0.6) is 23.0 Å². The van der Waals surface area contributed by atoms with Crippen molar-refractivity contribution in [1.29, 1.82) is 0 Å². The Kier molecular flexibility index (Phi) is 5.24. The van der Waals surface area contributed by atoms with Crippen LogP contribution in [0.15, 0.2) is 36.4 Å². The van der Waals surface area contributed by atoms with Crippen molar-refractivity contribution in [2.24, 2.45) is 0 Å². The number of carbonyl (C=O) groups is 1. The highest BCUT2D eigenvalue weighted by molar-refractivity contribution is 6.20. The van der Waals surface area contributed by atoms with E-state index in [0.29, 0.717) is 56.0 Å². The largest absolute Gasteiger partial charge is 0.496 e. The molecule has 0 N–H and O–H groups in total. The van der Waals surface area contributed by atoms with Crippen molar-refractivity contribution in [3.05, 3.63) is 58.7 Å². The summed E-state index contributed by atoms with van der Waals surface area (Å²) in [6, 6.07) is 10.8. The molecule has 0 heterocycles. The predicted molar refractivity (Wildman–Crippen MR) is 115 cm³/mol. The van der Waals surface area contributed by atoms with Gasteiger partial charge in [-0.1, -0.05) is 24.3 Å². The van der Waals surface area contributed by atoms with Crippen LogP contribution in [0.25, 0.3) is 10.8 Å². The Morgan fingerprint density at radius 1 is 0.677 bits per heavy atom. The van der Waals surface area contributed by atoms with Gasteiger partial charge in [0.1, 0.15) is 23.0 Å². The molecule has 31 heavy (non-hydrogen) atoms. The van der Waals surface area contributed by atoms with Gasteiger partial charge < -0.3 is 28.4 Å². The van der Waals surface area contributed by atoms with E-state index in [2.05, 4.69) is 0 Å². The molecule has 0 atom stereocenters. The van der Waals surface area contributed by atoms with Gasteiger partial charge >= 0.3 is 0 Å². The average Bonchev–Trinajstić information content (AvgIpc) is 2.82. The van der Waals surface area contributed by atoms with E-state index in [-0.39, 0.29) is 5.78 Å². The SMILES string of the molecule is COc1cccc2c1C(=O)c1c(c(OC)c3c(OC)cccc3c1OC)C2(OC)OC. The van der Waals surface area contributed by atoms with Gasteiger partial charge in [-0.25, -0.2) is 0 Å². The summed E-state index contributed by atoms with van der Waals surface area (Å²) in [4.78, 5) is 13.9. The monoisotopic (exact) mass is 424 g/mol. The maximum atomic E-state index is 13.9. The number of methoxy groups -OCH3 is 6. The first kappa shape index (κ1) is 21.0. The van der Waals surface area contributed by atoms with E-state index >= 15 is 0 Å².